The van der Waals surface area contributed by atoms with E-state index in [1.54, 1.807) is 19.2 Å². The second-order valence-electron chi connectivity index (χ2n) is 3.41. The highest BCUT2D eigenvalue weighted by molar-refractivity contribution is 9.10. The number of halogens is 2. The van der Waals surface area contributed by atoms with Crippen molar-refractivity contribution in [2.75, 3.05) is 7.05 Å². The fourth-order valence-electron chi connectivity index (χ4n) is 1.31. The van der Waals surface area contributed by atoms with Crippen molar-refractivity contribution < 1.29 is 9.18 Å². The van der Waals surface area contributed by atoms with Gasteiger partial charge in [0, 0.05) is 17.1 Å². The number of rotatable bonds is 1. The summed E-state index contributed by atoms with van der Waals surface area (Å²) in [4.78, 5) is 13.5. The minimum atomic E-state index is -0.366. The lowest BCUT2D eigenvalue weighted by Crippen LogP contribution is -2.22. The molecule has 0 saturated carbocycles. The first-order valence-corrected chi connectivity index (χ1v) is 6.67. The Balaban J connectivity index is 2.40. The molecule has 1 saturated heterocycles. The van der Waals surface area contributed by atoms with Crippen LogP contribution in [-0.2, 0) is 4.79 Å². The Morgan fingerprint density at radius 2 is 2.24 bits per heavy atom. The summed E-state index contributed by atoms with van der Waals surface area (Å²) < 4.78 is 14.8. The van der Waals surface area contributed by atoms with Gasteiger partial charge in [0.2, 0.25) is 0 Å². The van der Waals surface area contributed by atoms with Crippen LogP contribution in [0.15, 0.2) is 27.6 Å². The smallest absolute Gasteiger partial charge is 0.265 e. The van der Waals surface area contributed by atoms with Crippen LogP contribution in [0, 0.1) is 5.82 Å². The van der Waals surface area contributed by atoms with E-state index >= 15 is 0 Å². The largest absolute Gasteiger partial charge is 0.296 e. The number of thioether (sulfide) groups is 1. The van der Waals surface area contributed by atoms with Crippen LogP contribution < -0.4 is 0 Å². The molecule has 0 unspecified atom stereocenters. The van der Waals surface area contributed by atoms with Crippen LogP contribution in [0.25, 0.3) is 6.08 Å². The average molecular weight is 332 g/mol. The van der Waals surface area contributed by atoms with Gasteiger partial charge in [-0.15, -0.1) is 0 Å². The normalized spacial score (nSPS) is 18.3. The lowest BCUT2D eigenvalue weighted by atomic mass is 10.2. The lowest BCUT2D eigenvalue weighted by molar-refractivity contribution is -0.121. The minimum absolute atomic E-state index is 0.195. The molecule has 0 N–H and O–H groups in total. The Kier molecular flexibility index (Phi) is 3.65. The van der Waals surface area contributed by atoms with Crippen LogP contribution in [0.3, 0.4) is 0 Å². The summed E-state index contributed by atoms with van der Waals surface area (Å²) in [6, 6.07) is 4.58. The monoisotopic (exact) mass is 331 g/mol. The molecule has 1 fully saturated rings. The molecular weight excluding hydrogens is 325 g/mol. The molecule has 1 amide bonds. The molecule has 1 aromatic carbocycles. The molecule has 17 heavy (non-hydrogen) atoms. The fourth-order valence-corrected chi connectivity index (χ4v) is 2.86. The number of benzene rings is 1. The Labute approximate surface area is 116 Å². The number of likely N-dealkylation sites (N-methyl/N-ethyl adjacent to an activating group) is 1. The van der Waals surface area contributed by atoms with Gasteiger partial charge >= 0.3 is 0 Å². The maximum atomic E-state index is 13.5. The van der Waals surface area contributed by atoms with Crippen molar-refractivity contribution in [3.05, 3.63) is 39.0 Å². The molecule has 2 nitrogen and oxygen atoms in total. The summed E-state index contributed by atoms with van der Waals surface area (Å²) in [5.41, 5.74) is 0.369. The second kappa shape index (κ2) is 4.88. The molecule has 1 heterocycles. The maximum Gasteiger partial charge on any atom is 0.265 e. The number of thiocarbonyl (C=S) groups is 1. The van der Waals surface area contributed by atoms with Crippen molar-refractivity contribution in [1.82, 2.24) is 4.90 Å². The third-order valence-corrected chi connectivity index (χ3v) is 4.21. The first kappa shape index (κ1) is 12.7. The molecule has 0 radical (unpaired) electrons. The van der Waals surface area contributed by atoms with Gasteiger partial charge in [-0.3, -0.25) is 9.69 Å². The van der Waals surface area contributed by atoms with Gasteiger partial charge < -0.3 is 0 Å². The highest BCUT2D eigenvalue weighted by Gasteiger charge is 2.28. The van der Waals surface area contributed by atoms with Crippen LogP contribution in [-0.4, -0.2) is 22.2 Å². The third kappa shape index (κ3) is 2.59. The summed E-state index contributed by atoms with van der Waals surface area (Å²) in [5, 5.41) is 0. The summed E-state index contributed by atoms with van der Waals surface area (Å²) >= 11 is 9.43. The van der Waals surface area contributed by atoms with Crippen molar-refractivity contribution in [1.29, 1.82) is 0 Å². The SMILES string of the molecule is CN1C(=O)/C(=C\c2cc(Br)ccc2F)SC1=S. The number of nitrogens with zero attached hydrogens (tertiary/aromatic N) is 1. The number of amides is 1. The average Bonchev–Trinajstić information content (AvgIpc) is 2.52. The van der Waals surface area contributed by atoms with Gasteiger partial charge in [0.1, 0.15) is 10.1 Å². The van der Waals surface area contributed by atoms with E-state index in [2.05, 4.69) is 15.9 Å². The van der Waals surface area contributed by atoms with Gasteiger partial charge in [-0.05, 0) is 24.3 Å². The van der Waals surface area contributed by atoms with Crippen molar-refractivity contribution in [2.24, 2.45) is 0 Å². The van der Waals surface area contributed by atoms with Crippen LogP contribution in [0.4, 0.5) is 4.39 Å². The number of carbonyl (C=O) groups excluding carboxylic acids is 1. The van der Waals surface area contributed by atoms with Crippen molar-refractivity contribution in [3.8, 4) is 0 Å². The van der Waals surface area contributed by atoms with Crippen molar-refractivity contribution in [3.63, 3.8) is 0 Å². The number of hydrogen-bond donors (Lipinski definition) is 0. The highest BCUT2D eigenvalue weighted by Crippen LogP contribution is 2.32. The van der Waals surface area contributed by atoms with E-state index in [9.17, 15) is 9.18 Å². The molecule has 1 aliphatic heterocycles. The first-order chi connectivity index (χ1) is 7.99. The number of carbonyl (C=O) groups is 1. The second-order valence-corrected chi connectivity index (χ2v) is 6.00. The zero-order valence-electron chi connectivity index (χ0n) is 8.74. The predicted octanol–water partition coefficient (Wildman–Crippen LogP) is 3.42. The molecular formula is C11H7BrFNOS2. The zero-order chi connectivity index (χ0) is 12.6. The van der Waals surface area contributed by atoms with Gasteiger partial charge in [0.05, 0.1) is 4.91 Å². The molecule has 2 rings (SSSR count). The van der Waals surface area contributed by atoms with Gasteiger partial charge in [-0.1, -0.05) is 39.9 Å². The van der Waals surface area contributed by atoms with Gasteiger partial charge in [-0.2, -0.15) is 0 Å². The summed E-state index contributed by atoms with van der Waals surface area (Å²) in [7, 11) is 1.61. The van der Waals surface area contributed by atoms with E-state index in [-0.39, 0.29) is 11.7 Å². The summed E-state index contributed by atoms with van der Waals surface area (Å²) in [6.45, 7) is 0. The predicted molar refractivity (Wildman–Crippen MR) is 75.0 cm³/mol. The molecule has 0 spiro atoms. The Bertz CT molecular complexity index is 544. The highest BCUT2D eigenvalue weighted by atomic mass is 79.9. The Hall–Kier alpha value is -0.720. The third-order valence-electron chi connectivity index (χ3n) is 2.23. The van der Waals surface area contributed by atoms with E-state index < -0.39 is 0 Å². The Morgan fingerprint density at radius 1 is 1.53 bits per heavy atom. The first-order valence-electron chi connectivity index (χ1n) is 4.65. The Morgan fingerprint density at radius 3 is 2.82 bits per heavy atom. The standard InChI is InChI=1S/C11H7BrFNOS2/c1-14-10(15)9(17-11(14)16)5-6-4-7(12)2-3-8(6)13/h2-5H,1H3/b9-5+. The summed E-state index contributed by atoms with van der Waals surface area (Å²) in [6.07, 6.45) is 1.52. The molecule has 0 atom stereocenters. The van der Waals surface area contributed by atoms with Crippen LogP contribution in [0.5, 0.6) is 0 Å². The van der Waals surface area contributed by atoms with E-state index in [1.165, 1.54) is 28.8 Å². The van der Waals surface area contributed by atoms with Crippen molar-refractivity contribution in [2.45, 2.75) is 0 Å². The topological polar surface area (TPSA) is 20.3 Å². The molecule has 0 bridgehead atoms. The maximum absolute atomic E-state index is 13.5. The van der Waals surface area contributed by atoms with Crippen molar-refractivity contribution >= 4 is 56.2 Å². The summed E-state index contributed by atoms with van der Waals surface area (Å²) in [5.74, 6) is -0.561. The van der Waals surface area contributed by atoms with E-state index in [0.29, 0.717) is 14.8 Å². The molecule has 0 aliphatic carbocycles. The fraction of sp³-hybridized carbons (Fsp3) is 0.0909. The molecule has 0 aromatic heterocycles. The molecule has 1 aromatic rings. The van der Waals surface area contributed by atoms with E-state index in [1.807, 2.05) is 0 Å². The molecule has 1 aliphatic rings. The van der Waals surface area contributed by atoms with Gasteiger partial charge in [0.25, 0.3) is 5.91 Å². The van der Waals surface area contributed by atoms with Crippen LogP contribution >= 0.6 is 39.9 Å². The minimum Gasteiger partial charge on any atom is -0.296 e. The molecule has 6 heteroatoms. The lowest BCUT2D eigenvalue weighted by Gasteiger charge is -2.03. The number of hydrogen-bond acceptors (Lipinski definition) is 3. The van der Waals surface area contributed by atoms with E-state index in [0.717, 1.165) is 4.47 Å². The van der Waals surface area contributed by atoms with Crippen LogP contribution in [0.1, 0.15) is 5.56 Å². The molecule has 88 valence electrons. The quantitative estimate of drug-likeness (QED) is 0.581. The van der Waals surface area contributed by atoms with Gasteiger partial charge in [-0.25, -0.2) is 4.39 Å². The van der Waals surface area contributed by atoms with Gasteiger partial charge in [0.15, 0.2) is 0 Å². The van der Waals surface area contributed by atoms with E-state index in [4.69, 9.17) is 12.2 Å². The zero-order valence-corrected chi connectivity index (χ0v) is 12.0. The van der Waals surface area contributed by atoms with Crippen LogP contribution in [0.2, 0.25) is 0 Å².